The Labute approximate surface area is 91.8 Å². The van der Waals surface area contributed by atoms with Gasteiger partial charge in [0.25, 0.3) is 5.56 Å². The fourth-order valence-corrected chi connectivity index (χ4v) is 1.82. The van der Waals surface area contributed by atoms with Crippen LogP contribution in [0.2, 0.25) is 0 Å². The zero-order valence-electron chi connectivity index (χ0n) is 8.58. The van der Waals surface area contributed by atoms with Crippen molar-refractivity contribution in [3.8, 4) is 0 Å². The maximum Gasteiger partial charge on any atom is 0.253 e. The van der Waals surface area contributed by atoms with E-state index in [1.54, 1.807) is 24.8 Å². The van der Waals surface area contributed by atoms with E-state index < -0.39 is 0 Å². The monoisotopic (exact) mass is 259 g/mol. The quantitative estimate of drug-likeness (QED) is 0.831. The van der Waals surface area contributed by atoms with Gasteiger partial charge in [-0.25, -0.2) is 0 Å². The highest BCUT2D eigenvalue weighted by atomic mass is 79.9. The number of hydrogen-bond donors (Lipinski definition) is 0. The van der Waals surface area contributed by atoms with Crippen molar-refractivity contribution in [2.45, 2.75) is 26.5 Å². The molecule has 0 saturated heterocycles. The summed E-state index contributed by atoms with van der Waals surface area (Å²) in [4.78, 5) is 11.7. The normalized spacial score (nSPS) is 12.9. The number of pyridine rings is 1. The molecule has 1 heterocycles. The van der Waals surface area contributed by atoms with E-state index >= 15 is 0 Å². The van der Waals surface area contributed by atoms with Crippen molar-refractivity contribution >= 4 is 15.9 Å². The maximum atomic E-state index is 11.7. The summed E-state index contributed by atoms with van der Waals surface area (Å²) >= 11 is 3.36. The smallest absolute Gasteiger partial charge is 0.253 e. The fraction of sp³-hybridized carbons (Fsp3) is 0.500. The first-order valence-electron chi connectivity index (χ1n) is 4.44. The number of nitrogens with zero attached hydrogens (tertiary/aromatic N) is 1. The molecule has 0 aromatic carbocycles. The molecule has 1 unspecified atom stereocenters. The van der Waals surface area contributed by atoms with Crippen LogP contribution >= 0.6 is 15.9 Å². The first-order valence-corrected chi connectivity index (χ1v) is 5.23. The molecule has 0 amide bonds. The molecule has 4 heteroatoms. The Morgan fingerprint density at radius 2 is 2.29 bits per heavy atom. The topological polar surface area (TPSA) is 31.2 Å². The Kier molecular flexibility index (Phi) is 3.89. The molecule has 0 aliphatic rings. The molecule has 0 aliphatic heterocycles. The molecule has 0 radical (unpaired) electrons. The average Bonchev–Trinajstić information content (AvgIpc) is 2.13. The van der Waals surface area contributed by atoms with Crippen LogP contribution in [-0.2, 0) is 11.3 Å². The van der Waals surface area contributed by atoms with Gasteiger partial charge in [0.15, 0.2) is 0 Å². The van der Waals surface area contributed by atoms with Crippen molar-refractivity contribution in [1.29, 1.82) is 0 Å². The lowest BCUT2D eigenvalue weighted by Gasteiger charge is -2.12. The minimum absolute atomic E-state index is 0.0390. The van der Waals surface area contributed by atoms with E-state index in [0.717, 1.165) is 10.0 Å². The third-order valence-electron chi connectivity index (χ3n) is 2.09. The second kappa shape index (κ2) is 4.75. The van der Waals surface area contributed by atoms with Gasteiger partial charge in [0.05, 0.1) is 12.6 Å². The molecular formula is C10H14BrNO2. The lowest BCUT2D eigenvalue weighted by Crippen LogP contribution is -2.27. The Hall–Kier alpha value is -0.610. The molecule has 0 aliphatic carbocycles. The van der Waals surface area contributed by atoms with Crippen molar-refractivity contribution in [3.05, 3.63) is 32.7 Å². The molecule has 0 fully saturated rings. The Morgan fingerprint density at radius 3 is 2.86 bits per heavy atom. The molecule has 1 atom stereocenters. The molecule has 0 bridgehead atoms. The van der Waals surface area contributed by atoms with Crippen molar-refractivity contribution < 1.29 is 4.74 Å². The number of aryl methyl sites for hydroxylation is 1. The largest absolute Gasteiger partial charge is 0.380 e. The average molecular weight is 260 g/mol. The van der Waals surface area contributed by atoms with Crippen LogP contribution in [0.25, 0.3) is 0 Å². The first kappa shape index (κ1) is 11.5. The van der Waals surface area contributed by atoms with Crippen LogP contribution in [-0.4, -0.2) is 17.8 Å². The van der Waals surface area contributed by atoms with Gasteiger partial charge < -0.3 is 9.30 Å². The van der Waals surface area contributed by atoms with Crippen molar-refractivity contribution in [2.24, 2.45) is 0 Å². The van der Waals surface area contributed by atoms with E-state index in [-0.39, 0.29) is 11.7 Å². The number of ether oxygens (including phenoxy) is 1. The number of methoxy groups -OCH3 is 1. The predicted molar refractivity (Wildman–Crippen MR) is 59.6 cm³/mol. The Balaban J connectivity index is 3.02. The van der Waals surface area contributed by atoms with Gasteiger partial charge in [-0.2, -0.15) is 0 Å². The molecule has 1 aromatic rings. The summed E-state index contributed by atoms with van der Waals surface area (Å²) in [6.45, 7) is 4.32. The number of aromatic nitrogens is 1. The minimum Gasteiger partial charge on any atom is -0.380 e. The summed E-state index contributed by atoms with van der Waals surface area (Å²) in [6.07, 6.45) is 1.83. The summed E-state index contributed by atoms with van der Waals surface area (Å²) in [5, 5.41) is 0. The fourth-order valence-electron chi connectivity index (χ4n) is 1.23. The maximum absolute atomic E-state index is 11.7. The predicted octanol–water partition coefficient (Wildman–Crippen LogP) is 1.95. The number of rotatable bonds is 3. The standard InChI is InChI=1S/C10H14BrNO2/c1-7-4-9(11)6-12(10(7)13)5-8(2)14-3/h4,6,8H,5H2,1-3H3. The lowest BCUT2D eigenvalue weighted by atomic mass is 10.3. The van der Waals surface area contributed by atoms with Crippen LogP contribution < -0.4 is 5.56 Å². The molecule has 0 spiro atoms. The van der Waals surface area contributed by atoms with E-state index in [2.05, 4.69) is 15.9 Å². The number of halogens is 1. The summed E-state index contributed by atoms with van der Waals surface area (Å²) in [6, 6.07) is 1.82. The van der Waals surface area contributed by atoms with E-state index in [0.29, 0.717) is 6.54 Å². The minimum atomic E-state index is 0.0390. The molecular weight excluding hydrogens is 246 g/mol. The zero-order valence-corrected chi connectivity index (χ0v) is 10.2. The SMILES string of the molecule is COC(C)Cn1cc(Br)cc(C)c1=O. The van der Waals surface area contributed by atoms with Gasteiger partial charge >= 0.3 is 0 Å². The third-order valence-corrected chi connectivity index (χ3v) is 2.52. The van der Waals surface area contributed by atoms with Gasteiger partial charge in [-0.1, -0.05) is 0 Å². The molecule has 1 aromatic heterocycles. The van der Waals surface area contributed by atoms with E-state index in [9.17, 15) is 4.79 Å². The highest BCUT2D eigenvalue weighted by Crippen LogP contribution is 2.08. The van der Waals surface area contributed by atoms with Crippen LogP contribution in [0.1, 0.15) is 12.5 Å². The molecule has 0 N–H and O–H groups in total. The van der Waals surface area contributed by atoms with Gasteiger partial charge in [-0.05, 0) is 35.8 Å². The first-order chi connectivity index (χ1) is 6.54. The molecule has 14 heavy (non-hydrogen) atoms. The highest BCUT2D eigenvalue weighted by Gasteiger charge is 2.05. The van der Waals surface area contributed by atoms with Gasteiger partial charge in [-0.15, -0.1) is 0 Å². The van der Waals surface area contributed by atoms with Crippen molar-refractivity contribution in [2.75, 3.05) is 7.11 Å². The second-order valence-corrected chi connectivity index (χ2v) is 4.26. The summed E-state index contributed by atoms with van der Waals surface area (Å²) in [7, 11) is 1.64. The van der Waals surface area contributed by atoms with Crippen molar-refractivity contribution in [3.63, 3.8) is 0 Å². The van der Waals surface area contributed by atoms with Crippen molar-refractivity contribution in [1.82, 2.24) is 4.57 Å². The Bertz CT molecular complexity index is 373. The van der Waals surface area contributed by atoms with E-state index in [1.807, 2.05) is 13.0 Å². The van der Waals surface area contributed by atoms with Gasteiger partial charge in [0, 0.05) is 23.3 Å². The summed E-state index contributed by atoms with van der Waals surface area (Å²) < 4.78 is 7.69. The molecule has 3 nitrogen and oxygen atoms in total. The third kappa shape index (κ3) is 2.69. The Morgan fingerprint density at radius 1 is 1.64 bits per heavy atom. The van der Waals surface area contributed by atoms with E-state index in [1.165, 1.54) is 0 Å². The molecule has 1 rings (SSSR count). The highest BCUT2D eigenvalue weighted by molar-refractivity contribution is 9.10. The zero-order chi connectivity index (χ0) is 10.7. The molecule has 0 saturated carbocycles. The van der Waals surface area contributed by atoms with Crippen LogP contribution in [0.4, 0.5) is 0 Å². The summed E-state index contributed by atoms with van der Waals surface area (Å²) in [5.74, 6) is 0. The van der Waals surface area contributed by atoms with Crippen LogP contribution in [0.5, 0.6) is 0 Å². The van der Waals surface area contributed by atoms with Crippen LogP contribution in [0.15, 0.2) is 21.5 Å². The second-order valence-electron chi connectivity index (χ2n) is 3.35. The van der Waals surface area contributed by atoms with Crippen LogP contribution in [0, 0.1) is 6.92 Å². The van der Waals surface area contributed by atoms with E-state index in [4.69, 9.17) is 4.74 Å². The van der Waals surface area contributed by atoms with Gasteiger partial charge in [0.1, 0.15) is 0 Å². The lowest BCUT2D eigenvalue weighted by molar-refractivity contribution is 0.102. The summed E-state index contributed by atoms with van der Waals surface area (Å²) in [5.41, 5.74) is 0.778. The van der Waals surface area contributed by atoms with Gasteiger partial charge in [0.2, 0.25) is 0 Å². The van der Waals surface area contributed by atoms with Crippen LogP contribution in [0.3, 0.4) is 0 Å². The number of hydrogen-bond acceptors (Lipinski definition) is 2. The molecule has 78 valence electrons. The van der Waals surface area contributed by atoms with Gasteiger partial charge in [-0.3, -0.25) is 4.79 Å².